The first kappa shape index (κ1) is 15.5. The molecule has 1 aliphatic heterocycles. The maximum absolute atomic E-state index is 12.1. The molecule has 1 aromatic rings. The molecule has 2 amide bonds. The van der Waals surface area contributed by atoms with Crippen molar-refractivity contribution in [3.8, 4) is 0 Å². The van der Waals surface area contributed by atoms with E-state index in [1.54, 1.807) is 12.4 Å². The number of nitrogens with one attached hydrogen (secondary N) is 1. The summed E-state index contributed by atoms with van der Waals surface area (Å²) in [5.74, 6) is -0.130. The number of likely N-dealkylation sites (tertiary alicyclic amines) is 1. The number of nitrogens with zero attached hydrogens (tertiary/aromatic N) is 2. The van der Waals surface area contributed by atoms with Crippen LogP contribution in [0.15, 0.2) is 24.5 Å². The topological polar surface area (TPSA) is 62.3 Å². The summed E-state index contributed by atoms with van der Waals surface area (Å²) in [6.07, 6.45) is 7.04. The Balaban J connectivity index is 1.77. The third kappa shape index (κ3) is 4.55. The van der Waals surface area contributed by atoms with Gasteiger partial charge in [-0.2, -0.15) is 0 Å². The van der Waals surface area contributed by atoms with Crippen LogP contribution in [0.3, 0.4) is 0 Å². The molecule has 1 saturated heterocycles. The van der Waals surface area contributed by atoms with Crippen LogP contribution < -0.4 is 5.32 Å². The van der Waals surface area contributed by atoms with Crippen molar-refractivity contribution in [2.24, 2.45) is 5.92 Å². The molecule has 1 aromatic heterocycles. The van der Waals surface area contributed by atoms with Crippen molar-refractivity contribution < 1.29 is 9.59 Å². The van der Waals surface area contributed by atoms with Gasteiger partial charge in [0.15, 0.2) is 0 Å². The molecule has 0 saturated carbocycles. The summed E-state index contributed by atoms with van der Waals surface area (Å²) in [5, 5.41) is 2.90. The van der Waals surface area contributed by atoms with Crippen LogP contribution in [-0.2, 0) is 16.1 Å². The molecule has 0 spiro atoms. The van der Waals surface area contributed by atoms with E-state index in [-0.39, 0.29) is 17.7 Å². The molecule has 1 fully saturated rings. The van der Waals surface area contributed by atoms with Gasteiger partial charge in [0, 0.05) is 38.4 Å². The summed E-state index contributed by atoms with van der Waals surface area (Å²) in [6, 6.07) is 3.74. The zero-order valence-electron chi connectivity index (χ0n) is 12.5. The van der Waals surface area contributed by atoms with Crippen molar-refractivity contribution >= 4 is 11.8 Å². The van der Waals surface area contributed by atoms with E-state index >= 15 is 0 Å². The van der Waals surface area contributed by atoms with Gasteiger partial charge in [-0.05, 0) is 24.1 Å². The van der Waals surface area contributed by atoms with Crippen molar-refractivity contribution in [3.63, 3.8) is 0 Å². The van der Waals surface area contributed by atoms with E-state index in [9.17, 15) is 9.59 Å². The molecule has 5 heteroatoms. The highest BCUT2D eigenvalue weighted by Gasteiger charge is 2.33. The van der Waals surface area contributed by atoms with Crippen molar-refractivity contribution in [2.45, 2.75) is 39.2 Å². The van der Waals surface area contributed by atoms with E-state index < -0.39 is 0 Å². The number of hydrogen-bond donors (Lipinski definition) is 1. The molecule has 2 heterocycles. The number of hydrogen-bond acceptors (Lipinski definition) is 3. The highest BCUT2D eigenvalue weighted by atomic mass is 16.2. The first-order valence-corrected chi connectivity index (χ1v) is 7.65. The van der Waals surface area contributed by atoms with Crippen molar-refractivity contribution in [1.29, 1.82) is 0 Å². The Kier molecular flexibility index (Phi) is 5.72. The van der Waals surface area contributed by atoms with Gasteiger partial charge in [-0.15, -0.1) is 0 Å². The largest absolute Gasteiger partial charge is 0.352 e. The maximum atomic E-state index is 12.1. The average molecular weight is 289 g/mol. The number of unbranched alkanes of at least 4 members (excludes halogenated alkanes) is 2. The SMILES string of the molecule is CCCCCN1CC(C(=O)NCc2ccncc2)CC1=O. The number of carbonyl (C=O) groups is 2. The van der Waals surface area contributed by atoms with E-state index in [1.807, 2.05) is 17.0 Å². The lowest BCUT2D eigenvalue weighted by molar-refractivity contribution is -0.129. The Morgan fingerprint density at radius 2 is 2.14 bits per heavy atom. The van der Waals surface area contributed by atoms with Gasteiger partial charge in [0.25, 0.3) is 0 Å². The van der Waals surface area contributed by atoms with E-state index in [0.717, 1.165) is 31.4 Å². The highest BCUT2D eigenvalue weighted by molar-refractivity contribution is 5.89. The summed E-state index contributed by atoms with van der Waals surface area (Å²) < 4.78 is 0. The molecule has 0 bridgehead atoms. The predicted octanol–water partition coefficient (Wildman–Crippen LogP) is 1.74. The Labute approximate surface area is 125 Å². The molecule has 1 unspecified atom stereocenters. The van der Waals surface area contributed by atoms with Crippen LogP contribution in [-0.4, -0.2) is 34.8 Å². The van der Waals surface area contributed by atoms with Crippen LogP contribution in [0.2, 0.25) is 0 Å². The standard InChI is InChI=1S/C16H23N3O2/c1-2-3-4-9-19-12-14(10-15(19)20)16(21)18-11-13-5-7-17-8-6-13/h5-8,14H,2-4,9-12H2,1H3,(H,18,21). The fraction of sp³-hybridized carbons (Fsp3) is 0.562. The zero-order valence-corrected chi connectivity index (χ0v) is 12.5. The molecular weight excluding hydrogens is 266 g/mol. The van der Waals surface area contributed by atoms with E-state index in [1.165, 1.54) is 0 Å². The minimum Gasteiger partial charge on any atom is -0.352 e. The van der Waals surface area contributed by atoms with Crippen LogP contribution in [0.4, 0.5) is 0 Å². The summed E-state index contributed by atoms with van der Waals surface area (Å²) in [5.41, 5.74) is 1.02. The molecule has 0 aromatic carbocycles. The Hall–Kier alpha value is -1.91. The first-order valence-electron chi connectivity index (χ1n) is 7.65. The summed E-state index contributed by atoms with van der Waals surface area (Å²) in [6.45, 7) is 3.97. The van der Waals surface area contributed by atoms with Gasteiger partial charge in [-0.25, -0.2) is 0 Å². The van der Waals surface area contributed by atoms with Gasteiger partial charge < -0.3 is 10.2 Å². The number of rotatable bonds is 7. The molecular formula is C16H23N3O2. The fourth-order valence-electron chi connectivity index (χ4n) is 2.55. The third-order valence-corrected chi connectivity index (χ3v) is 3.83. The molecule has 2 rings (SSSR count). The number of aromatic nitrogens is 1. The summed E-state index contributed by atoms with van der Waals surface area (Å²) in [7, 11) is 0. The summed E-state index contributed by atoms with van der Waals surface area (Å²) in [4.78, 5) is 29.8. The van der Waals surface area contributed by atoms with Gasteiger partial charge in [0.05, 0.1) is 5.92 Å². The lowest BCUT2D eigenvalue weighted by atomic mass is 10.1. The highest BCUT2D eigenvalue weighted by Crippen LogP contribution is 2.18. The second-order valence-corrected chi connectivity index (χ2v) is 5.52. The molecule has 1 atom stereocenters. The molecule has 114 valence electrons. The maximum Gasteiger partial charge on any atom is 0.225 e. The van der Waals surface area contributed by atoms with Gasteiger partial charge in [-0.1, -0.05) is 19.8 Å². The normalized spacial score (nSPS) is 18.0. The molecule has 5 nitrogen and oxygen atoms in total. The van der Waals surface area contributed by atoms with Crippen LogP contribution in [0.5, 0.6) is 0 Å². The summed E-state index contributed by atoms with van der Waals surface area (Å²) >= 11 is 0. The molecule has 0 aliphatic carbocycles. The van der Waals surface area contributed by atoms with Gasteiger partial charge in [0.2, 0.25) is 11.8 Å². The van der Waals surface area contributed by atoms with Crippen molar-refractivity contribution in [1.82, 2.24) is 15.2 Å². The molecule has 21 heavy (non-hydrogen) atoms. The van der Waals surface area contributed by atoms with E-state index in [4.69, 9.17) is 0 Å². The minimum atomic E-state index is -0.207. The van der Waals surface area contributed by atoms with E-state index in [2.05, 4.69) is 17.2 Å². The second-order valence-electron chi connectivity index (χ2n) is 5.52. The van der Waals surface area contributed by atoms with E-state index in [0.29, 0.717) is 19.5 Å². The van der Waals surface area contributed by atoms with Crippen LogP contribution in [0, 0.1) is 5.92 Å². The van der Waals surface area contributed by atoms with Crippen LogP contribution >= 0.6 is 0 Å². The zero-order chi connectivity index (χ0) is 15.1. The average Bonchev–Trinajstić information content (AvgIpc) is 2.87. The predicted molar refractivity (Wildman–Crippen MR) is 80.3 cm³/mol. The molecule has 0 radical (unpaired) electrons. The quantitative estimate of drug-likeness (QED) is 0.778. The van der Waals surface area contributed by atoms with Gasteiger partial charge in [-0.3, -0.25) is 14.6 Å². The monoisotopic (exact) mass is 289 g/mol. The first-order chi connectivity index (χ1) is 10.2. The molecule has 1 N–H and O–H groups in total. The van der Waals surface area contributed by atoms with Gasteiger partial charge in [0.1, 0.15) is 0 Å². The lowest BCUT2D eigenvalue weighted by Gasteiger charge is -2.16. The lowest BCUT2D eigenvalue weighted by Crippen LogP contribution is -2.32. The van der Waals surface area contributed by atoms with Crippen LogP contribution in [0.25, 0.3) is 0 Å². The molecule has 1 aliphatic rings. The van der Waals surface area contributed by atoms with Crippen molar-refractivity contribution in [2.75, 3.05) is 13.1 Å². The minimum absolute atomic E-state index is 0.0295. The smallest absolute Gasteiger partial charge is 0.225 e. The Bertz CT molecular complexity index is 476. The van der Waals surface area contributed by atoms with Crippen LogP contribution in [0.1, 0.15) is 38.2 Å². The Morgan fingerprint density at radius 3 is 2.86 bits per heavy atom. The van der Waals surface area contributed by atoms with Gasteiger partial charge >= 0.3 is 0 Å². The Morgan fingerprint density at radius 1 is 1.38 bits per heavy atom. The fourth-order valence-corrected chi connectivity index (χ4v) is 2.55. The number of pyridine rings is 1. The second kappa shape index (κ2) is 7.76. The number of amides is 2. The number of carbonyl (C=O) groups excluding carboxylic acids is 2. The van der Waals surface area contributed by atoms with Crippen molar-refractivity contribution in [3.05, 3.63) is 30.1 Å². The third-order valence-electron chi connectivity index (χ3n) is 3.83.